The summed E-state index contributed by atoms with van der Waals surface area (Å²) in [6.07, 6.45) is 3.52. The van der Waals surface area contributed by atoms with Crippen LogP contribution in [0.3, 0.4) is 0 Å². The van der Waals surface area contributed by atoms with E-state index in [0.29, 0.717) is 23.1 Å². The number of halogens is 1. The number of aromatic nitrogens is 2. The van der Waals surface area contributed by atoms with Crippen LogP contribution in [-0.4, -0.2) is 53.6 Å². The molecule has 1 aliphatic rings. The van der Waals surface area contributed by atoms with Gasteiger partial charge in [-0.3, -0.25) is 4.90 Å². The predicted molar refractivity (Wildman–Crippen MR) is 96.9 cm³/mol. The second kappa shape index (κ2) is 8.27. The quantitative estimate of drug-likeness (QED) is 0.603. The van der Waals surface area contributed by atoms with E-state index in [1.807, 2.05) is 18.3 Å². The topological polar surface area (TPSA) is 58.6 Å². The van der Waals surface area contributed by atoms with Gasteiger partial charge >= 0.3 is 5.97 Å². The Morgan fingerprint density at radius 2 is 2.00 bits per heavy atom. The molecule has 1 aliphatic heterocycles. The summed E-state index contributed by atoms with van der Waals surface area (Å²) in [4.78, 5) is 25.2. The summed E-state index contributed by atoms with van der Waals surface area (Å²) in [6, 6.07) is 7.34. The average molecular weight is 361 g/mol. The molecule has 0 bridgehead atoms. The number of piperazine rings is 1. The second-order valence-corrected chi connectivity index (χ2v) is 6.23. The van der Waals surface area contributed by atoms with Gasteiger partial charge in [-0.1, -0.05) is 17.7 Å². The fourth-order valence-electron chi connectivity index (χ4n) is 2.89. The third-order valence-corrected chi connectivity index (χ3v) is 4.37. The Morgan fingerprint density at radius 3 is 2.68 bits per heavy atom. The minimum atomic E-state index is -0.319. The van der Waals surface area contributed by atoms with Crippen molar-refractivity contribution in [3.05, 3.63) is 52.9 Å². The van der Waals surface area contributed by atoms with Crippen molar-refractivity contribution >= 4 is 23.4 Å². The first-order valence-electron chi connectivity index (χ1n) is 8.37. The van der Waals surface area contributed by atoms with Gasteiger partial charge in [0.05, 0.1) is 6.61 Å². The van der Waals surface area contributed by atoms with E-state index in [1.165, 1.54) is 0 Å². The number of hydrogen-bond acceptors (Lipinski definition) is 6. The lowest BCUT2D eigenvalue weighted by Crippen LogP contribution is -2.46. The molecule has 0 spiro atoms. The Labute approximate surface area is 152 Å². The van der Waals surface area contributed by atoms with E-state index in [1.54, 1.807) is 25.3 Å². The molecule has 2 aromatic heterocycles. The summed E-state index contributed by atoms with van der Waals surface area (Å²) in [5, 5.41) is 0.509. The molecule has 132 valence electrons. The molecule has 0 N–H and O–H groups in total. The SMILES string of the molecule is CCOC(=O)c1cccnc1N1CCN(Cc2ccc(Cl)nc2)CC1. The van der Waals surface area contributed by atoms with E-state index in [0.717, 1.165) is 38.3 Å². The zero-order chi connectivity index (χ0) is 17.6. The molecule has 0 unspecified atom stereocenters. The summed E-state index contributed by atoms with van der Waals surface area (Å²) in [5.74, 6) is 0.383. The van der Waals surface area contributed by atoms with E-state index < -0.39 is 0 Å². The summed E-state index contributed by atoms with van der Waals surface area (Å²) >= 11 is 5.83. The molecule has 1 fully saturated rings. The van der Waals surface area contributed by atoms with Crippen LogP contribution in [0.25, 0.3) is 0 Å². The van der Waals surface area contributed by atoms with Crippen LogP contribution in [0.15, 0.2) is 36.7 Å². The van der Waals surface area contributed by atoms with Crippen LogP contribution in [0.4, 0.5) is 5.82 Å². The first-order valence-corrected chi connectivity index (χ1v) is 8.75. The highest BCUT2D eigenvalue weighted by Crippen LogP contribution is 2.20. The van der Waals surface area contributed by atoms with Crippen molar-refractivity contribution in [1.29, 1.82) is 0 Å². The van der Waals surface area contributed by atoms with Gasteiger partial charge < -0.3 is 9.64 Å². The highest BCUT2D eigenvalue weighted by molar-refractivity contribution is 6.29. The van der Waals surface area contributed by atoms with Crippen molar-refractivity contribution in [2.24, 2.45) is 0 Å². The van der Waals surface area contributed by atoms with Gasteiger partial charge in [-0.15, -0.1) is 0 Å². The molecule has 0 aliphatic carbocycles. The normalized spacial score (nSPS) is 15.2. The number of ether oxygens (including phenoxy) is 1. The molecule has 2 aromatic rings. The van der Waals surface area contributed by atoms with Gasteiger partial charge in [0.2, 0.25) is 0 Å². The van der Waals surface area contributed by atoms with Crippen LogP contribution in [0.1, 0.15) is 22.8 Å². The van der Waals surface area contributed by atoms with Crippen LogP contribution >= 0.6 is 11.6 Å². The number of carbonyl (C=O) groups is 1. The minimum Gasteiger partial charge on any atom is -0.462 e. The van der Waals surface area contributed by atoms with Gasteiger partial charge in [0.1, 0.15) is 16.5 Å². The van der Waals surface area contributed by atoms with Crippen LogP contribution < -0.4 is 4.90 Å². The molecule has 0 aromatic carbocycles. The molecule has 7 heteroatoms. The number of anilines is 1. The van der Waals surface area contributed by atoms with Gasteiger partial charge in [-0.05, 0) is 30.7 Å². The van der Waals surface area contributed by atoms with Gasteiger partial charge in [0.25, 0.3) is 0 Å². The number of rotatable bonds is 5. The number of pyridine rings is 2. The predicted octanol–water partition coefficient (Wildman–Crippen LogP) is 2.63. The van der Waals surface area contributed by atoms with Crippen molar-refractivity contribution in [3.63, 3.8) is 0 Å². The molecule has 0 atom stereocenters. The minimum absolute atomic E-state index is 0.319. The molecule has 3 heterocycles. The Hall–Kier alpha value is -2.18. The molecule has 0 saturated carbocycles. The maximum absolute atomic E-state index is 12.1. The van der Waals surface area contributed by atoms with Gasteiger partial charge in [0, 0.05) is 45.1 Å². The summed E-state index contributed by atoms with van der Waals surface area (Å²) in [7, 11) is 0. The monoisotopic (exact) mass is 360 g/mol. The zero-order valence-electron chi connectivity index (χ0n) is 14.2. The first kappa shape index (κ1) is 17.6. The van der Waals surface area contributed by atoms with Crippen molar-refractivity contribution in [3.8, 4) is 0 Å². The van der Waals surface area contributed by atoms with Gasteiger partial charge in [0.15, 0.2) is 0 Å². The van der Waals surface area contributed by atoms with E-state index in [-0.39, 0.29) is 5.97 Å². The van der Waals surface area contributed by atoms with Crippen LogP contribution in [-0.2, 0) is 11.3 Å². The number of hydrogen-bond donors (Lipinski definition) is 0. The third kappa shape index (κ3) is 4.46. The Kier molecular flexibility index (Phi) is 5.83. The average Bonchev–Trinajstić information content (AvgIpc) is 2.64. The molecule has 0 amide bonds. The fraction of sp³-hybridized carbons (Fsp3) is 0.389. The largest absolute Gasteiger partial charge is 0.462 e. The van der Waals surface area contributed by atoms with E-state index in [4.69, 9.17) is 16.3 Å². The highest BCUT2D eigenvalue weighted by Gasteiger charge is 2.23. The molecular formula is C18H21ClN4O2. The van der Waals surface area contributed by atoms with Crippen LogP contribution in [0.5, 0.6) is 0 Å². The zero-order valence-corrected chi connectivity index (χ0v) is 14.9. The first-order chi connectivity index (χ1) is 12.2. The lowest BCUT2D eigenvalue weighted by Gasteiger charge is -2.35. The molecular weight excluding hydrogens is 340 g/mol. The number of nitrogens with zero attached hydrogens (tertiary/aromatic N) is 4. The van der Waals surface area contributed by atoms with E-state index >= 15 is 0 Å². The van der Waals surface area contributed by atoms with Gasteiger partial charge in [-0.25, -0.2) is 14.8 Å². The summed E-state index contributed by atoms with van der Waals surface area (Å²) in [6.45, 7) is 6.40. The van der Waals surface area contributed by atoms with E-state index in [9.17, 15) is 4.79 Å². The Balaban J connectivity index is 1.62. The third-order valence-electron chi connectivity index (χ3n) is 4.15. The lowest BCUT2D eigenvalue weighted by molar-refractivity contribution is 0.0526. The molecule has 3 rings (SSSR count). The standard InChI is InChI=1S/C18H21ClN4O2/c1-2-25-18(24)15-4-3-7-20-17(15)23-10-8-22(9-11-23)13-14-5-6-16(19)21-12-14/h3-7,12H,2,8-11,13H2,1H3. The van der Waals surface area contributed by atoms with Crippen LogP contribution in [0, 0.1) is 0 Å². The summed E-state index contributed by atoms with van der Waals surface area (Å²) < 4.78 is 5.14. The summed E-state index contributed by atoms with van der Waals surface area (Å²) in [5.41, 5.74) is 1.67. The van der Waals surface area contributed by atoms with Crippen molar-refractivity contribution in [2.75, 3.05) is 37.7 Å². The smallest absolute Gasteiger partial charge is 0.341 e. The second-order valence-electron chi connectivity index (χ2n) is 5.85. The maximum Gasteiger partial charge on any atom is 0.341 e. The van der Waals surface area contributed by atoms with Crippen molar-refractivity contribution < 1.29 is 9.53 Å². The highest BCUT2D eigenvalue weighted by atomic mass is 35.5. The van der Waals surface area contributed by atoms with E-state index in [2.05, 4.69) is 19.8 Å². The van der Waals surface area contributed by atoms with Crippen molar-refractivity contribution in [2.45, 2.75) is 13.5 Å². The van der Waals surface area contributed by atoms with Crippen molar-refractivity contribution in [1.82, 2.24) is 14.9 Å². The number of carbonyl (C=O) groups excluding carboxylic acids is 1. The Morgan fingerprint density at radius 1 is 1.20 bits per heavy atom. The molecule has 6 nitrogen and oxygen atoms in total. The molecule has 1 saturated heterocycles. The maximum atomic E-state index is 12.1. The Bertz CT molecular complexity index is 715. The molecule has 25 heavy (non-hydrogen) atoms. The number of esters is 1. The van der Waals surface area contributed by atoms with Gasteiger partial charge in [-0.2, -0.15) is 0 Å². The van der Waals surface area contributed by atoms with Crippen LogP contribution in [0.2, 0.25) is 5.15 Å². The molecule has 0 radical (unpaired) electrons. The lowest BCUT2D eigenvalue weighted by atomic mass is 10.2. The fourth-order valence-corrected chi connectivity index (χ4v) is 3.00.